The molecule has 1 aromatic heterocycles. The first-order valence-corrected chi connectivity index (χ1v) is 11.2. The lowest BCUT2D eigenvalue weighted by molar-refractivity contribution is -0.137. The second kappa shape index (κ2) is 11.1. The molecular formula is C24H24ClF4NO3. The van der Waals surface area contributed by atoms with Gasteiger partial charge in [-0.3, -0.25) is 14.6 Å². The normalized spacial score (nSPS) is 18.7. The molecule has 3 rings (SSSR count). The molecule has 1 saturated carbocycles. The van der Waals surface area contributed by atoms with Crippen molar-refractivity contribution in [3.8, 4) is 5.75 Å². The Labute approximate surface area is 194 Å². The maximum Gasteiger partial charge on any atom is 0.417 e. The SMILES string of the molecule is O=C(COc1ccc(Cl)c(F)c1)CC1CCC(CCC(=O)c2ccc(C(F)(F)F)cn2)CC1. The van der Waals surface area contributed by atoms with E-state index in [1.54, 1.807) is 0 Å². The van der Waals surface area contributed by atoms with Crippen LogP contribution in [0.15, 0.2) is 36.5 Å². The first-order valence-electron chi connectivity index (χ1n) is 10.8. The maximum absolute atomic E-state index is 13.4. The number of alkyl halides is 3. The summed E-state index contributed by atoms with van der Waals surface area (Å²) in [7, 11) is 0. The number of rotatable bonds is 9. The summed E-state index contributed by atoms with van der Waals surface area (Å²) in [6, 6.07) is 6.01. The van der Waals surface area contributed by atoms with Crippen molar-refractivity contribution in [2.75, 3.05) is 6.61 Å². The van der Waals surface area contributed by atoms with Crippen LogP contribution in [0, 0.1) is 17.7 Å². The number of hydrogen-bond donors (Lipinski definition) is 0. The molecule has 1 aromatic carbocycles. The number of pyridine rings is 1. The summed E-state index contributed by atoms with van der Waals surface area (Å²) in [4.78, 5) is 28.1. The molecule has 2 aromatic rings. The van der Waals surface area contributed by atoms with E-state index in [2.05, 4.69) is 4.98 Å². The van der Waals surface area contributed by atoms with E-state index in [4.69, 9.17) is 16.3 Å². The molecular weight excluding hydrogens is 462 g/mol. The molecule has 0 spiro atoms. The average Bonchev–Trinajstić information content (AvgIpc) is 2.78. The summed E-state index contributed by atoms with van der Waals surface area (Å²) in [5, 5.41) is -0.0113. The van der Waals surface area contributed by atoms with Crippen molar-refractivity contribution in [1.82, 2.24) is 4.98 Å². The van der Waals surface area contributed by atoms with Crippen molar-refractivity contribution in [2.24, 2.45) is 11.8 Å². The summed E-state index contributed by atoms with van der Waals surface area (Å²) in [6.45, 7) is -0.129. The number of ketones is 2. The third-order valence-corrected chi connectivity index (χ3v) is 6.24. The molecule has 0 aliphatic heterocycles. The van der Waals surface area contributed by atoms with Gasteiger partial charge < -0.3 is 4.74 Å². The monoisotopic (exact) mass is 485 g/mol. The summed E-state index contributed by atoms with van der Waals surface area (Å²) < 4.78 is 56.6. The molecule has 0 atom stereocenters. The zero-order chi connectivity index (χ0) is 24.0. The van der Waals surface area contributed by atoms with E-state index < -0.39 is 17.6 Å². The van der Waals surface area contributed by atoms with Gasteiger partial charge in [0.25, 0.3) is 0 Å². The van der Waals surface area contributed by atoms with Crippen LogP contribution in [0.25, 0.3) is 0 Å². The van der Waals surface area contributed by atoms with Crippen molar-refractivity contribution in [1.29, 1.82) is 0 Å². The number of ether oxygens (including phenoxy) is 1. The number of Topliss-reactive ketones (excluding diaryl/α,β-unsaturated/α-hetero) is 2. The van der Waals surface area contributed by atoms with E-state index in [1.807, 2.05) is 0 Å². The Morgan fingerprint density at radius 1 is 1.06 bits per heavy atom. The number of carbonyl (C=O) groups is 2. The van der Waals surface area contributed by atoms with E-state index in [0.717, 1.165) is 43.9 Å². The van der Waals surface area contributed by atoms with Gasteiger partial charge in [0.05, 0.1) is 10.6 Å². The predicted molar refractivity (Wildman–Crippen MR) is 115 cm³/mol. The van der Waals surface area contributed by atoms with Crippen molar-refractivity contribution in [2.45, 2.75) is 51.1 Å². The Balaban J connectivity index is 1.36. The fourth-order valence-electron chi connectivity index (χ4n) is 4.03. The molecule has 1 aliphatic carbocycles. The molecule has 1 fully saturated rings. The first kappa shape index (κ1) is 25.1. The minimum Gasteiger partial charge on any atom is -0.486 e. The van der Waals surface area contributed by atoms with Crippen LogP contribution in [0.1, 0.15) is 61.0 Å². The van der Waals surface area contributed by atoms with Gasteiger partial charge in [-0.1, -0.05) is 24.4 Å². The second-order valence-corrected chi connectivity index (χ2v) is 8.79. The number of halogens is 5. The van der Waals surface area contributed by atoms with E-state index in [0.29, 0.717) is 25.0 Å². The number of aromatic nitrogens is 1. The maximum atomic E-state index is 13.4. The fraction of sp³-hybridized carbons (Fsp3) is 0.458. The highest BCUT2D eigenvalue weighted by Crippen LogP contribution is 2.34. The van der Waals surface area contributed by atoms with Gasteiger partial charge in [0.2, 0.25) is 0 Å². The van der Waals surface area contributed by atoms with Crippen LogP contribution in [0.4, 0.5) is 17.6 Å². The fourth-order valence-corrected chi connectivity index (χ4v) is 4.14. The first-order chi connectivity index (χ1) is 15.6. The lowest BCUT2D eigenvalue weighted by Gasteiger charge is -2.28. The van der Waals surface area contributed by atoms with Gasteiger partial charge in [0.1, 0.15) is 23.9 Å². The molecule has 0 unspecified atom stereocenters. The summed E-state index contributed by atoms with van der Waals surface area (Å²) in [6.07, 6.45) is 0.959. The van der Waals surface area contributed by atoms with Crippen LogP contribution < -0.4 is 4.74 Å². The topological polar surface area (TPSA) is 56.3 Å². The Bertz CT molecular complexity index is 971. The van der Waals surface area contributed by atoms with Gasteiger partial charge in [0, 0.05) is 25.1 Å². The Morgan fingerprint density at radius 3 is 2.36 bits per heavy atom. The zero-order valence-electron chi connectivity index (χ0n) is 17.8. The third kappa shape index (κ3) is 7.52. The van der Waals surface area contributed by atoms with Crippen LogP contribution in [0.3, 0.4) is 0 Å². The third-order valence-electron chi connectivity index (χ3n) is 5.93. The van der Waals surface area contributed by atoms with Crippen molar-refractivity contribution >= 4 is 23.2 Å². The van der Waals surface area contributed by atoms with Gasteiger partial charge in [0.15, 0.2) is 11.6 Å². The Kier molecular flexibility index (Phi) is 8.46. The number of benzene rings is 1. The second-order valence-electron chi connectivity index (χ2n) is 8.39. The largest absolute Gasteiger partial charge is 0.486 e. The lowest BCUT2D eigenvalue weighted by atomic mass is 9.78. The minimum absolute atomic E-state index is 0.0113. The smallest absolute Gasteiger partial charge is 0.417 e. The number of carbonyl (C=O) groups excluding carboxylic acids is 2. The summed E-state index contributed by atoms with van der Waals surface area (Å²) >= 11 is 5.62. The quantitative estimate of drug-likeness (QED) is 0.293. The van der Waals surface area contributed by atoms with E-state index in [1.165, 1.54) is 12.1 Å². The van der Waals surface area contributed by atoms with Crippen molar-refractivity contribution < 1.29 is 31.9 Å². The molecule has 4 nitrogen and oxygen atoms in total. The average molecular weight is 486 g/mol. The zero-order valence-corrected chi connectivity index (χ0v) is 18.6. The highest BCUT2D eigenvalue weighted by molar-refractivity contribution is 6.30. The van der Waals surface area contributed by atoms with E-state index >= 15 is 0 Å². The minimum atomic E-state index is -4.48. The van der Waals surface area contributed by atoms with Crippen LogP contribution in [-0.4, -0.2) is 23.2 Å². The van der Waals surface area contributed by atoms with Gasteiger partial charge in [-0.05, 0) is 55.4 Å². The van der Waals surface area contributed by atoms with Gasteiger partial charge in [-0.2, -0.15) is 13.2 Å². The molecule has 33 heavy (non-hydrogen) atoms. The van der Waals surface area contributed by atoms with Crippen LogP contribution in [0.2, 0.25) is 5.02 Å². The summed E-state index contributed by atoms with van der Waals surface area (Å²) in [5.74, 6) is -0.0995. The molecule has 9 heteroatoms. The lowest BCUT2D eigenvalue weighted by Crippen LogP contribution is -2.21. The number of hydrogen-bond acceptors (Lipinski definition) is 4. The van der Waals surface area contributed by atoms with Gasteiger partial charge in [-0.15, -0.1) is 0 Å². The summed E-state index contributed by atoms with van der Waals surface area (Å²) in [5.41, 5.74) is -0.833. The Morgan fingerprint density at radius 2 is 1.76 bits per heavy atom. The number of nitrogens with zero attached hydrogens (tertiary/aromatic N) is 1. The van der Waals surface area contributed by atoms with Crippen LogP contribution >= 0.6 is 11.6 Å². The molecule has 0 N–H and O–H groups in total. The molecule has 0 bridgehead atoms. The van der Waals surface area contributed by atoms with Crippen LogP contribution in [0.5, 0.6) is 5.75 Å². The molecule has 0 amide bonds. The predicted octanol–water partition coefficient (Wildman–Crippen LogP) is 6.70. The molecule has 1 aliphatic rings. The van der Waals surface area contributed by atoms with Gasteiger partial charge >= 0.3 is 6.18 Å². The molecule has 0 radical (unpaired) electrons. The highest BCUT2D eigenvalue weighted by Gasteiger charge is 2.31. The van der Waals surface area contributed by atoms with Crippen LogP contribution in [-0.2, 0) is 11.0 Å². The van der Waals surface area contributed by atoms with E-state index in [-0.39, 0.29) is 47.0 Å². The molecule has 0 saturated heterocycles. The molecule has 1 heterocycles. The molecule has 178 valence electrons. The van der Waals surface area contributed by atoms with Crippen molar-refractivity contribution in [3.63, 3.8) is 0 Å². The van der Waals surface area contributed by atoms with Crippen molar-refractivity contribution in [3.05, 3.63) is 58.6 Å². The van der Waals surface area contributed by atoms with E-state index in [9.17, 15) is 27.2 Å². The Hall–Kier alpha value is -2.48. The standard InChI is InChI=1S/C24H24ClF4NO3/c25-20-8-7-19(12-21(20)26)33-14-18(31)11-16-3-1-15(2-4-16)5-10-23(32)22-9-6-17(13-30-22)24(27,28)29/h6-9,12-13,15-16H,1-5,10-11,14H2. The highest BCUT2D eigenvalue weighted by atomic mass is 35.5. The van der Waals surface area contributed by atoms with Gasteiger partial charge in [-0.25, -0.2) is 4.39 Å².